The standard InChI is InChI=1S/C30H32FN3O2/c31-25-10-4-5-11-26(25)32-30(36)33-18-6-7-19-34-27(20-33)29(28(34)21-35)24-16-14-23(15-17-24)13-12-22-8-2-1-3-9-22/h1-5,8-17,27-29,35H,6-7,18-21H2,(H,32,36)/b13-12+/t27-,28-,29-/m1/s1. The maximum atomic E-state index is 14.1. The van der Waals surface area contributed by atoms with Crippen LogP contribution in [0, 0.1) is 5.82 Å². The van der Waals surface area contributed by atoms with Gasteiger partial charge < -0.3 is 15.3 Å². The Kier molecular flexibility index (Phi) is 7.44. The molecule has 36 heavy (non-hydrogen) atoms. The van der Waals surface area contributed by atoms with Crippen molar-refractivity contribution in [1.82, 2.24) is 9.80 Å². The van der Waals surface area contributed by atoms with Gasteiger partial charge in [0.25, 0.3) is 0 Å². The van der Waals surface area contributed by atoms with Gasteiger partial charge in [0.15, 0.2) is 0 Å². The fourth-order valence-corrected chi connectivity index (χ4v) is 5.47. The van der Waals surface area contributed by atoms with Crippen LogP contribution in [0.25, 0.3) is 12.2 Å². The number of anilines is 1. The highest BCUT2D eigenvalue weighted by atomic mass is 19.1. The van der Waals surface area contributed by atoms with Crippen LogP contribution in [0.15, 0.2) is 78.9 Å². The molecule has 0 bridgehead atoms. The predicted molar refractivity (Wildman–Crippen MR) is 142 cm³/mol. The summed E-state index contributed by atoms with van der Waals surface area (Å²) in [5, 5.41) is 12.9. The normalized spacial score (nSPS) is 22.4. The molecule has 0 aromatic heterocycles. The molecule has 2 N–H and O–H groups in total. The number of halogens is 1. The van der Waals surface area contributed by atoms with Gasteiger partial charge in [-0.25, -0.2) is 9.18 Å². The van der Waals surface area contributed by atoms with E-state index in [9.17, 15) is 14.3 Å². The third kappa shape index (κ3) is 5.20. The zero-order valence-electron chi connectivity index (χ0n) is 20.3. The second kappa shape index (κ2) is 11.1. The summed E-state index contributed by atoms with van der Waals surface area (Å²) in [4.78, 5) is 17.2. The van der Waals surface area contributed by atoms with Crippen molar-refractivity contribution in [2.24, 2.45) is 0 Å². The maximum absolute atomic E-state index is 14.1. The number of hydrogen-bond donors (Lipinski definition) is 2. The molecule has 6 heteroatoms. The Morgan fingerprint density at radius 1 is 0.917 bits per heavy atom. The molecule has 3 atom stereocenters. The number of amides is 2. The van der Waals surface area contributed by atoms with E-state index in [4.69, 9.17) is 0 Å². The number of para-hydroxylation sites is 1. The maximum Gasteiger partial charge on any atom is 0.321 e. The van der Waals surface area contributed by atoms with E-state index in [0.717, 1.165) is 30.5 Å². The molecule has 0 radical (unpaired) electrons. The molecule has 5 rings (SSSR count). The number of fused-ring (bicyclic) bond motifs is 1. The van der Waals surface area contributed by atoms with Gasteiger partial charge in [-0.2, -0.15) is 0 Å². The van der Waals surface area contributed by atoms with E-state index < -0.39 is 5.82 Å². The molecule has 0 aliphatic carbocycles. The molecule has 2 aliphatic rings. The van der Waals surface area contributed by atoms with Gasteiger partial charge in [-0.1, -0.05) is 78.9 Å². The minimum atomic E-state index is -0.442. The van der Waals surface area contributed by atoms with Crippen LogP contribution in [0.4, 0.5) is 14.9 Å². The van der Waals surface area contributed by atoms with Crippen molar-refractivity contribution in [3.05, 3.63) is 101 Å². The van der Waals surface area contributed by atoms with Crippen molar-refractivity contribution in [2.45, 2.75) is 30.8 Å². The highest BCUT2D eigenvalue weighted by Crippen LogP contribution is 2.42. The lowest BCUT2D eigenvalue weighted by Crippen LogP contribution is -2.68. The van der Waals surface area contributed by atoms with Gasteiger partial charge in [0.1, 0.15) is 5.82 Å². The van der Waals surface area contributed by atoms with Gasteiger partial charge >= 0.3 is 6.03 Å². The number of nitrogens with zero attached hydrogens (tertiary/aromatic N) is 2. The molecule has 3 aromatic rings. The quantitative estimate of drug-likeness (QED) is 0.473. The van der Waals surface area contributed by atoms with Crippen LogP contribution < -0.4 is 5.32 Å². The molecule has 3 aromatic carbocycles. The van der Waals surface area contributed by atoms with Crippen LogP contribution in [-0.2, 0) is 0 Å². The van der Waals surface area contributed by atoms with Crippen molar-refractivity contribution in [3.8, 4) is 0 Å². The highest BCUT2D eigenvalue weighted by molar-refractivity contribution is 5.89. The molecule has 0 unspecified atom stereocenters. The Balaban J connectivity index is 1.31. The first-order chi connectivity index (χ1) is 17.6. The van der Waals surface area contributed by atoms with Crippen molar-refractivity contribution in [1.29, 1.82) is 0 Å². The first-order valence-corrected chi connectivity index (χ1v) is 12.6. The zero-order valence-corrected chi connectivity index (χ0v) is 20.3. The molecule has 0 saturated carbocycles. The average molecular weight is 486 g/mol. The minimum Gasteiger partial charge on any atom is -0.395 e. The van der Waals surface area contributed by atoms with E-state index in [1.165, 1.54) is 11.6 Å². The van der Waals surface area contributed by atoms with E-state index in [-0.39, 0.29) is 36.3 Å². The van der Waals surface area contributed by atoms with Gasteiger partial charge in [0.2, 0.25) is 0 Å². The molecule has 0 spiro atoms. The summed E-state index contributed by atoms with van der Waals surface area (Å²) in [6.07, 6.45) is 6.02. The average Bonchev–Trinajstić information content (AvgIpc) is 2.89. The Hall–Kier alpha value is -3.48. The highest BCUT2D eigenvalue weighted by Gasteiger charge is 2.49. The lowest BCUT2D eigenvalue weighted by Gasteiger charge is -2.57. The summed E-state index contributed by atoms with van der Waals surface area (Å²) in [5.74, 6) is -0.313. The van der Waals surface area contributed by atoms with E-state index in [0.29, 0.717) is 13.1 Å². The summed E-state index contributed by atoms with van der Waals surface area (Å²) in [6.45, 7) is 2.16. The minimum absolute atomic E-state index is 0.0373. The summed E-state index contributed by atoms with van der Waals surface area (Å²) >= 11 is 0. The molecule has 5 nitrogen and oxygen atoms in total. The van der Waals surface area contributed by atoms with Gasteiger partial charge in [0.05, 0.1) is 12.3 Å². The first-order valence-electron chi connectivity index (χ1n) is 12.6. The van der Waals surface area contributed by atoms with Crippen LogP contribution in [0.5, 0.6) is 0 Å². The third-order valence-corrected chi connectivity index (χ3v) is 7.36. The molecule has 2 fully saturated rings. The largest absolute Gasteiger partial charge is 0.395 e. The molecule has 186 valence electrons. The lowest BCUT2D eigenvalue weighted by molar-refractivity contribution is -0.0585. The Labute approximate surface area is 211 Å². The molecular formula is C30H32FN3O2. The summed E-state index contributed by atoms with van der Waals surface area (Å²) < 4.78 is 14.1. The van der Waals surface area contributed by atoms with Crippen molar-refractivity contribution < 1.29 is 14.3 Å². The Bertz CT molecular complexity index is 1200. The number of rotatable bonds is 5. The van der Waals surface area contributed by atoms with Crippen molar-refractivity contribution in [2.75, 3.05) is 31.6 Å². The smallest absolute Gasteiger partial charge is 0.321 e. The van der Waals surface area contributed by atoms with Crippen LogP contribution >= 0.6 is 0 Å². The van der Waals surface area contributed by atoms with Crippen LogP contribution in [0.1, 0.15) is 35.4 Å². The summed E-state index contributed by atoms with van der Waals surface area (Å²) in [6, 6.07) is 24.8. The molecule has 2 heterocycles. The van der Waals surface area contributed by atoms with E-state index in [1.54, 1.807) is 23.1 Å². The number of carbonyl (C=O) groups excluding carboxylic acids is 1. The Morgan fingerprint density at radius 3 is 2.31 bits per heavy atom. The molecule has 2 amide bonds. The van der Waals surface area contributed by atoms with Gasteiger partial charge in [-0.3, -0.25) is 4.90 Å². The van der Waals surface area contributed by atoms with E-state index in [2.05, 4.69) is 58.8 Å². The zero-order chi connectivity index (χ0) is 24.9. The van der Waals surface area contributed by atoms with Gasteiger partial charge in [0, 0.05) is 31.1 Å². The molecule has 2 aliphatic heterocycles. The molecule has 2 saturated heterocycles. The number of aliphatic hydroxyl groups excluding tert-OH is 1. The first kappa shape index (κ1) is 24.2. The Morgan fingerprint density at radius 2 is 1.58 bits per heavy atom. The number of nitrogens with one attached hydrogen (secondary N) is 1. The van der Waals surface area contributed by atoms with E-state index >= 15 is 0 Å². The van der Waals surface area contributed by atoms with Crippen LogP contribution in [0.2, 0.25) is 0 Å². The summed E-state index contributed by atoms with van der Waals surface area (Å²) in [7, 11) is 0. The molecular weight excluding hydrogens is 453 g/mol. The topological polar surface area (TPSA) is 55.8 Å². The van der Waals surface area contributed by atoms with E-state index in [1.807, 2.05) is 18.2 Å². The number of benzene rings is 3. The number of carbonyl (C=O) groups is 1. The van der Waals surface area contributed by atoms with Crippen LogP contribution in [0.3, 0.4) is 0 Å². The fourth-order valence-electron chi connectivity index (χ4n) is 5.47. The number of urea groups is 1. The van der Waals surface area contributed by atoms with Crippen molar-refractivity contribution >= 4 is 23.9 Å². The van der Waals surface area contributed by atoms with Crippen LogP contribution in [-0.4, -0.2) is 59.3 Å². The third-order valence-electron chi connectivity index (χ3n) is 7.36. The van der Waals surface area contributed by atoms with Gasteiger partial charge in [-0.05, 0) is 48.2 Å². The lowest BCUT2D eigenvalue weighted by atomic mass is 9.74. The monoisotopic (exact) mass is 485 g/mol. The number of hydrogen-bond acceptors (Lipinski definition) is 3. The number of aliphatic hydroxyl groups is 1. The van der Waals surface area contributed by atoms with Gasteiger partial charge in [-0.15, -0.1) is 0 Å². The predicted octanol–water partition coefficient (Wildman–Crippen LogP) is 5.45. The fraction of sp³-hybridized carbons (Fsp3) is 0.300. The second-order valence-corrected chi connectivity index (χ2v) is 9.55. The second-order valence-electron chi connectivity index (χ2n) is 9.55. The SMILES string of the molecule is O=C(Nc1ccccc1F)N1CCCCN2[C@H](CO)[C@H](c3ccc(/C=C/c4ccccc4)cc3)[C@H]2C1. The van der Waals surface area contributed by atoms with Crippen molar-refractivity contribution in [3.63, 3.8) is 0 Å². The summed E-state index contributed by atoms with van der Waals surface area (Å²) in [5.41, 5.74) is 3.63.